The van der Waals surface area contributed by atoms with Crippen molar-refractivity contribution in [3.8, 4) is 17.2 Å². The molecule has 3 aromatic rings. The number of aromatic nitrogens is 1. The minimum Gasteiger partial charge on any atom is -0.497 e. The third-order valence-electron chi connectivity index (χ3n) is 4.29. The lowest BCUT2D eigenvalue weighted by molar-refractivity contribution is 0.102. The number of amides is 1. The van der Waals surface area contributed by atoms with E-state index in [-0.39, 0.29) is 5.91 Å². The summed E-state index contributed by atoms with van der Waals surface area (Å²) in [5.74, 6) is 1.64. The van der Waals surface area contributed by atoms with Crippen molar-refractivity contribution in [2.24, 2.45) is 0 Å². The second-order valence-electron chi connectivity index (χ2n) is 6.16. The molecule has 0 atom stereocenters. The van der Waals surface area contributed by atoms with E-state index in [0.29, 0.717) is 29.4 Å². The molecular weight excluding hydrogens is 370 g/mol. The van der Waals surface area contributed by atoms with Gasteiger partial charge in [-0.25, -0.2) is 4.98 Å². The van der Waals surface area contributed by atoms with Crippen molar-refractivity contribution in [2.45, 2.75) is 6.54 Å². The first-order valence-corrected chi connectivity index (χ1v) is 8.99. The molecule has 0 unspecified atom stereocenters. The molecule has 0 saturated heterocycles. The number of carbonyl (C=O) groups excluding carboxylic acids is 1. The van der Waals surface area contributed by atoms with Crippen LogP contribution in [0.1, 0.15) is 16.1 Å². The molecule has 1 amide bonds. The monoisotopic (exact) mass is 393 g/mol. The van der Waals surface area contributed by atoms with E-state index in [1.807, 2.05) is 30.3 Å². The van der Waals surface area contributed by atoms with E-state index in [1.165, 1.54) is 0 Å². The highest BCUT2D eigenvalue weighted by molar-refractivity contribution is 6.03. The highest BCUT2D eigenvalue weighted by atomic mass is 16.5. The fraction of sp³-hybridized carbons (Fsp3) is 0.182. The number of ether oxygens (including phenoxy) is 3. The van der Waals surface area contributed by atoms with Crippen molar-refractivity contribution in [2.75, 3.05) is 32.0 Å². The Balaban J connectivity index is 1.59. The molecule has 0 aliphatic carbocycles. The first-order chi connectivity index (χ1) is 14.1. The van der Waals surface area contributed by atoms with Crippen LogP contribution in [0.5, 0.6) is 17.2 Å². The Morgan fingerprint density at radius 2 is 1.59 bits per heavy atom. The quantitative estimate of drug-likeness (QED) is 0.603. The standard InChI is InChI=1S/C22H23N3O4/c1-27-18-8-4-15(5-9-18)13-23-17-6-10-19(24-14-17)22(26)25-16-7-11-20(28-2)21(12-16)29-3/h4-12,14,23H,13H2,1-3H3,(H,25,26). The van der Waals surface area contributed by atoms with Crippen LogP contribution in [0.4, 0.5) is 11.4 Å². The zero-order valence-electron chi connectivity index (χ0n) is 16.6. The minimum atomic E-state index is -0.307. The van der Waals surface area contributed by atoms with Gasteiger partial charge in [-0.05, 0) is 42.0 Å². The molecule has 2 aromatic carbocycles. The first-order valence-electron chi connectivity index (χ1n) is 8.99. The van der Waals surface area contributed by atoms with Gasteiger partial charge < -0.3 is 24.8 Å². The maximum Gasteiger partial charge on any atom is 0.274 e. The molecule has 29 heavy (non-hydrogen) atoms. The van der Waals surface area contributed by atoms with E-state index in [9.17, 15) is 4.79 Å². The van der Waals surface area contributed by atoms with E-state index < -0.39 is 0 Å². The van der Waals surface area contributed by atoms with Crippen LogP contribution >= 0.6 is 0 Å². The molecule has 2 N–H and O–H groups in total. The van der Waals surface area contributed by atoms with Crippen LogP contribution in [0.15, 0.2) is 60.8 Å². The third kappa shape index (κ3) is 5.16. The molecule has 1 aromatic heterocycles. The number of carbonyl (C=O) groups is 1. The smallest absolute Gasteiger partial charge is 0.274 e. The molecule has 0 fully saturated rings. The summed E-state index contributed by atoms with van der Waals surface area (Å²) in [6.07, 6.45) is 1.63. The SMILES string of the molecule is COc1ccc(CNc2ccc(C(=O)Nc3ccc(OC)c(OC)c3)nc2)cc1. The maximum absolute atomic E-state index is 12.4. The number of nitrogens with zero attached hydrogens (tertiary/aromatic N) is 1. The van der Waals surface area contributed by atoms with E-state index in [0.717, 1.165) is 17.0 Å². The molecule has 0 saturated carbocycles. The zero-order valence-corrected chi connectivity index (χ0v) is 16.6. The summed E-state index contributed by atoms with van der Waals surface area (Å²) in [6.45, 7) is 0.642. The normalized spacial score (nSPS) is 10.2. The van der Waals surface area contributed by atoms with Crippen molar-refractivity contribution in [1.29, 1.82) is 0 Å². The van der Waals surface area contributed by atoms with Gasteiger partial charge in [0.2, 0.25) is 0 Å². The van der Waals surface area contributed by atoms with Crippen molar-refractivity contribution in [3.63, 3.8) is 0 Å². The van der Waals surface area contributed by atoms with Gasteiger partial charge in [0.05, 0.1) is 33.2 Å². The number of anilines is 2. The Morgan fingerprint density at radius 3 is 2.21 bits per heavy atom. The lowest BCUT2D eigenvalue weighted by Crippen LogP contribution is -2.14. The van der Waals surface area contributed by atoms with Crippen molar-refractivity contribution in [1.82, 2.24) is 4.98 Å². The molecular formula is C22H23N3O4. The van der Waals surface area contributed by atoms with Gasteiger partial charge >= 0.3 is 0 Å². The molecule has 3 rings (SSSR count). The van der Waals surface area contributed by atoms with Crippen LogP contribution < -0.4 is 24.8 Å². The van der Waals surface area contributed by atoms with Gasteiger partial charge in [-0.3, -0.25) is 4.79 Å². The minimum absolute atomic E-state index is 0.307. The molecule has 0 bridgehead atoms. The summed E-state index contributed by atoms with van der Waals surface area (Å²) >= 11 is 0. The van der Waals surface area contributed by atoms with Gasteiger partial charge in [0.25, 0.3) is 5.91 Å². The average molecular weight is 393 g/mol. The van der Waals surface area contributed by atoms with E-state index in [2.05, 4.69) is 15.6 Å². The van der Waals surface area contributed by atoms with E-state index in [1.54, 1.807) is 51.8 Å². The largest absolute Gasteiger partial charge is 0.497 e. The Hall–Kier alpha value is -3.74. The van der Waals surface area contributed by atoms with Gasteiger partial charge in [-0.15, -0.1) is 0 Å². The van der Waals surface area contributed by atoms with Crippen LogP contribution in [-0.4, -0.2) is 32.2 Å². The number of nitrogens with one attached hydrogen (secondary N) is 2. The summed E-state index contributed by atoms with van der Waals surface area (Å²) < 4.78 is 15.6. The molecule has 0 spiro atoms. The number of rotatable bonds is 8. The van der Waals surface area contributed by atoms with Gasteiger partial charge in [0, 0.05) is 18.3 Å². The lowest BCUT2D eigenvalue weighted by atomic mass is 10.2. The van der Waals surface area contributed by atoms with Crippen molar-refractivity contribution < 1.29 is 19.0 Å². The Morgan fingerprint density at radius 1 is 0.862 bits per heavy atom. The number of benzene rings is 2. The number of methoxy groups -OCH3 is 3. The molecule has 7 nitrogen and oxygen atoms in total. The lowest BCUT2D eigenvalue weighted by Gasteiger charge is -2.11. The highest BCUT2D eigenvalue weighted by Gasteiger charge is 2.10. The Bertz CT molecular complexity index is 957. The van der Waals surface area contributed by atoms with Crippen molar-refractivity contribution in [3.05, 3.63) is 72.1 Å². The molecule has 0 aliphatic rings. The van der Waals surface area contributed by atoms with Gasteiger partial charge in [0.15, 0.2) is 11.5 Å². The average Bonchev–Trinajstić information content (AvgIpc) is 2.78. The Labute approximate surface area is 169 Å². The fourth-order valence-electron chi connectivity index (χ4n) is 2.69. The van der Waals surface area contributed by atoms with Gasteiger partial charge in [-0.1, -0.05) is 12.1 Å². The van der Waals surface area contributed by atoms with Gasteiger partial charge in [0.1, 0.15) is 11.4 Å². The predicted octanol–water partition coefficient (Wildman–Crippen LogP) is 3.97. The second kappa shape index (κ2) is 9.45. The zero-order chi connectivity index (χ0) is 20.6. The number of hydrogen-bond acceptors (Lipinski definition) is 6. The van der Waals surface area contributed by atoms with Crippen molar-refractivity contribution >= 4 is 17.3 Å². The molecule has 7 heteroatoms. The van der Waals surface area contributed by atoms with Crippen LogP contribution in [0, 0.1) is 0 Å². The molecule has 0 aliphatic heterocycles. The van der Waals surface area contributed by atoms with Crippen LogP contribution in [0.2, 0.25) is 0 Å². The number of pyridine rings is 1. The maximum atomic E-state index is 12.4. The first kappa shape index (κ1) is 20.0. The van der Waals surface area contributed by atoms with Crippen LogP contribution in [-0.2, 0) is 6.54 Å². The van der Waals surface area contributed by atoms with E-state index >= 15 is 0 Å². The van der Waals surface area contributed by atoms with Gasteiger partial charge in [-0.2, -0.15) is 0 Å². The fourth-order valence-corrected chi connectivity index (χ4v) is 2.69. The Kier molecular flexibility index (Phi) is 6.52. The summed E-state index contributed by atoms with van der Waals surface area (Å²) in [6, 6.07) is 16.5. The summed E-state index contributed by atoms with van der Waals surface area (Å²) in [5.41, 5.74) is 2.84. The molecule has 0 radical (unpaired) electrons. The third-order valence-corrected chi connectivity index (χ3v) is 4.29. The van der Waals surface area contributed by atoms with E-state index in [4.69, 9.17) is 14.2 Å². The predicted molar refractivity (Wildman–Crippen MR) is 112 cm³/mol. The second-order valence-corrected chi connectivity index (χ2v) is 6.16. The molecule has 1 heterocycles. The summed E-state index contributed by atoms with van der Waals surface area (Å²) in [5, 5.41) is 6.08. The summed E-state index contributed by atoms with van der Waals surface area (Å²) in [7, 11) is 4.74. The summed E-state index contributed by atoms with van der Waals surface area (Å²) in [4.78, 5) is 16.7. The van der Waals surface area contributed by atoms with Crippen LogP contribution in [0.3, 0.4) is 0 Å². The molecule has 150 valence electrons. The number of hydrogen-bond donors (Lipinski definition) is 2. The van der Waals surface area contributed by atoms with Crippen LogP contribution in [0.25, 0.3) is 0 Å². The highest BCUT2D eigenvalue weighted by Crippen LogP contribution is 2.29. The topological polar surface area (TPSA) is 81.7 Å².